The van der Waals surface area contributed by atoms with Gasteiger partial charge in [0.25, 0.3) is 0 Å². The number of allylic oxidation sites excluding steroid dienone is 3. The van der Waals surface area contributed by atoms with Gasteiger partial charge in [0.1, 0.15) is 0 Å². The fourth-order valence-electron chi connectivity index (χ4n) is 0.924. The van der Waals surface area contributed by atoms with Crippen LogP contribution in [0.3, 0.4) is 0 Å². The molecule has 0 N–H and O–H groups in total. The summed E-state index contributed by atoms with van der Waals surface area (Å²) in [6, 6.07) is 0. The fourth-order valence-corrected chi connectivity index (χ4v) is 0.924. The van der Waals surface area contributed by atoms with Gasteiger partial charge < -0.3 is 0 Å². The summed E-state index contributed by atoms with van der Waals surface area (Å²) in [6.45, 7) is 18.4. The third-order valence-corrected chi connectivity index (χ3v) is 1.77. The monoisotopic (exact) mass is 188 g/mol. The van der Waals surface area contributed by atoms with Gasteiger partial charge >= 0.3 is 0 Å². The Morgan fingerprint density at radius 2 is 1.71 bits per heavy atom. The van der Waals surface area contributed by atoms with Crippen LogP contribution in [0.4, 0.5) is 0 Å². The molecule has 0 aliphatic rings. The van der Waals surface area contributed by atoms with E-state index in [0.717, 1.165) is 23.8 Å². The molecule has 76 valence electrons. The Kier molecular flexibility index (Phi) is 4.73. The van der Waals surface area contributed by atoms with Gasteiger partial charge in [-0.2, -0.15) is 0 Å². The minimum Gasteiger partial charge on any atom is -0.122 e. The molecule has 0 atom stereocenters. The van der Waals surface area contributed by atoms with E-state index in [1.54, 1.807) is 0 Å². The minimum absolute atomic E-state index is 0.185. The van der Waals surface area contributed by atoms with E-state index < -0.39 is 0 Å². The molecule has 0 aliphatic heterocycles. The van der Waals surface area contributed by atoms with E-state index >= 15 is 0 Å². The molecule has 0 spiro atoms. The zero-order valence-corrected chi connectivity index (χ0v) is 10.2. The van der Waals surface area contributed by atoms with Crippen LogP contribution in [0.25, 0.3) is 0 Å². The van der Waals surface area contributed by atoms with Crippen LogP contribution in [-0.2, 0) is 0 Å². The fraction of sp³-hybridized carbons (Fsp3) is 0.462. The molecule has 0 rings (SSSR count). The topological polar surface area (TPSA) is 0 Å². The Bertz CT molecular complexity index is 294. The molecular formula is C13H21B. The number of hydrogen-bond acceptors (Lipinski definition) is 0. The summed E-state index contributed by atoms with van der Waals surface area (Å²) in [5.74, 6) is 0. The van der Waals surface area contributed by atoms with Crippen molar-refractivity contribution in [2.45, 2.75) is 34.6 Å². The van der Waals surface area contributed by atoms with Crippen molar-refractivity contribution in [3.8, 4) is 0 Å². The van der Waals surface area contributed by atoms with Crippen LogP contribution in [0.1, 0.15) is 34.6 Å². The molecule has 0 aliphatic carbocycles. The molecule has 14 heavy (non-hydrogen) atoms. The predicted molar refractivity (Wildman–Crippen MR) is 67.8 cm³/mol. The van der Waals surface area contributed by atoms with Crippen molar-refractivity contribution in [1.82, 2.24) is 0 Å². The van der Waals surface area contributed by atoms with Crippen molar-refractivity contribution >= 4 is 7.28 Å². The van der Waals surface area contributed by atoms with Crippen molar-refractivity contribution in [3.05, 3.63) is 41.5 Å². The molecule has 1 heteroatoms. The van der Waals surface area contributed by atoms with Gasteiger partial charge in [-0.1, -0.05) is 33.2 Å². The van der Waals surface area contributed by atoms with Gasteiger partial charge in [-0.3, -0.25) is 0 Å². The average molecular weight is 188 g/mol. The van der Waals surface area contributed by atoms with Crippen LogP contribution in [0.5, 0.6) is 0 Å². The summed E-state index contributed by atoms with van der Waals surface area (Å²) in [6.07, 6.45) is 2.09. The van der Waals surface area contributed by atoms with E-state index in [9.17, 15) is 0 Å². The quantitative estimate of drug-likeness (QED) is 0.360. The number of rotatable bonds is 3. The lowest BCUT2D eigenvalue weighted by molar-refractivity contribution is 0.545. The van der Waals surface area contributed by atoms with Crippen LogP contribution in [-0.4, -0.2) is 7.28 Å². The first-order valence-corrected chi connectivity index (χ1v) is 4.99. The van der Waals surface area contributed by atoms with Gasteiger partial charge in [0.05, 0.1) is 0 Å². The molecule has 0 aromatic heterocycles. The third-order valence-electron chi connectivity index (χ3n) is 1.77. The number of hydrogen-bond donors (Lipinski definition) is 0. The second-order valence-corrected chi connectivity index (χ2v) is 5.02. The molecule has 0 fully saturated rings. The van der Waals surface area contributed by atoms with Gasteiger partial charge in [-0.05, 0) is 24.0 Å². The highest BCUT2D eigenvalue weighted by Crippen LogP contribution is 2.15. The van der Waals surface area contributed by atoms with E-state index in [4.69, 9.17) is 0 Å². The highest BCUT2D eigenvalue weighted by atomic mass is 14.1. The van der Waals surface area contributed by atoms with Crippen LogP contribution >= 0.6 is 0 Å². The first kappa shape index (κ1) is 13.1. The van der Waals surface area contributed by atoms with Crippen molar-refractivity contribution in [1.29, 1.82) is 0 Å². The lowest BCUT2D eigenvalue weighted by Gasteiger charge is -2.09. The maximum absolute atomic E-state index is 4.02. The normalized spacial score (nSPS) is 10.1. The summed E-state index contributed by atoms with van der Waals surface area (Å²) >= 11 is 0. The summed E-state index contributed by atoms with van der Waals surface area (Å²) in [5.41, 5.74) is 6.85. The average Bonchev–Trinajstić information content (AvgIpc) is 1.97. The molecule has 0 amide bonds. The molecule has 0 saturated heterocycles. The summed E-state index contributed by atoms with van der Waals surface area (Å²) < 4.78 is 0. The molecule has 0 radical (unpaired) electrons. The predicted octanol–water partition coefficient (Wildman–Crippen LogP) is 3.62. The van der Waals surface area contributed by atoms with E-state index in [1.807, 2.05) is 13.8 Å². The molecule has 0 nitrogen and oxygen atoms in total. The van der Waals surface area contributed by atoms with E-state index in [0.29, 0.717) is 0 Å². The van der Waals surface area contributed by atoms with Crippen molar-refractivity contribution in [2.75, 3.05) is 0 Å². The van der Waals surface area contributed by atoms with Gasteiger partial charge in [-0.15, -0.1) is 24.4 Å². The highest BCUT2D eigenvalue weighted by Gasteiger charge is 2.04. The minimum atomic E-state index is 0.185. The lowest BCUT2D eigenvalue weighted by atomic mass is 9.62. The molecule has 0 saturated carbocycles. The Morgan fingerprint density at radius 1 is 1.21 bits per heavy atom. The standard InChI is InChI=1S/C13H21B/c1-10(2)14-12(4)11(3)8-9-13(5,6)7/h9,14H,1,4H2,2-3,5-7H3. The highest BCUT2D eigenvalue weighted by molar-refractivity contribution is 6.54. The largest absolute Gasteiger partial charge is 0.186 e. The van der Waals surface area contributed by atoms with Gasteiger partial charge in [-0.25, -0.2) is 0 Å². The second-order valence-electron chi connectivity index (χ2n) is 5.02. The Labute approximate surface area is 89.3 Å². The molecule has 0 bridgehead atoms. The molecule has 0 unspecified atom stereocenters. The third kappa shape index (κ3) is 6.57. The lowest BCUT2D eigenvalue weighted by Crippen LogP contribution is -1.99. The maximum atomic E-state index is 4.02. The van der Waals surface area contributed by atoms with Crippen LogP contribution in [0.2, 0.25) is 0 Å². The van der Waals surface area contributed by atoms with E-state index in [1.165, 1.54) is 0 Å². The Balaban J connectivity index is 4.62. The molecule has 0 aromatic carbocycles. The zero-order chi connectivity index (χ0) is 11.4. The van der Waals surface area contributed by atoms with Gasteiger partial charge in [0.15, 0.2) is 7.28 Å². The smallest absolute Gasteiger partial charge is 0.122 e. The summed E-state index contributed by atoms with van der Waals surface area (Å²) in [7, 11) is 0.872. The first-order valence-electron chi connectivity index (χ1n) is 4.99. The van der Waals surface area contributed by atoms with Crippen molar-refractivity contribution in [3.63, 3.8) is 0 Å². The summed E-state index contributed by atoms with van der Waals surface area (Å²) in [4.78, 5) is 0. The molecule has 0 heterocycles. The Hall–Kier alpha value is -0.935. The molecular weight excluding hydrogens is 167 g/mol. The van der Waals surface area contributed by atoms with Crippen LogP contribution in [0, 0.1) is 5.41 Å². The first-order chi connectivity index (χ1) is 6.22. The second kappa shape index (κ2) is 5.07. The van der Waals surface area contributed by atoms with Gasteiger partial charge in [0.2, 0.25) is 0 Å². The summed E-state index contributed by atoms with van der Waals surface area (Å²) in [5, 5.41) is 0. The SMILES string of the molecule is C=C(C)BC(=C)C(C)=C=CC(C)(C)C. The maximum Gasteiger partial charge on any atom is 0.186 e. The Morgan fingerprint density at radius 3 is 2.07 bits per heavy atom. The van der Waals surface area contributed by atoms with E-state index in [2.05, 4.69) is 45.7 Å². The van der Waals surface area contributed by atoms with Crippen LogP contribution in [0.15, 0.2) is 41.5 Å². The van der Waals surface area contributed by atoms with Gasteiger partial charge in [0, 0.05) is 0 Å². The van der Waals surface area contributed by atoms with Crippen LogP contribution < -0.4 is 0 Å². The van der Waals surface area contributed by atoms with Crippen molar-refractivity contribution in [2.24, 2.45) is 5.41 Å². The van der Waals surface area contributed by atoms with E-state index in [-0.39, 0.29) is 5.41 Å². The molecule has 0 aromatic rings. The van der Waals surface area contributed by atoms with Crippen molar-refractivity contribution < 1.29 is 0 Å². The zero-order valence-electron chi connectivity index (χ0n) is 10.2.